The molecular formula is C16H12ClNOS. The van der Waals surface area contributed by atoms with Gasteiger partial charge in [0.1, 0.15) is 0 Å². The summed E-state index contributed by atoms with van der Waals surface area (Å²) in [6.45, 7) is 1.92. The number of amides is 1. The van der Waals surface area contributed by atoms with Crippen LogP contribution in [0.15, 0.2) is 48.5 Å². The van der Waals surface area contributed by atoms with Gasteiger partial charge in [0.25, 0.3) is 5.91 Å². The van der Waals surface area contributed by atoms with Gasteiger partial charge in [-0.3, -0.25) is 4.79 Å². The predicted molar refractivity (Wildman–Crippen MR) is 86.0 cm³/mol. The normalized spacial score (nSPS) is 10.7. The number of aryl methyl sites for hydroxylation is 1. The maximum absolute atomic E-state index is 12.3. The molecule has 0 saturated carbocycles. The monoisotopic (exact) mass is 301 g/mol. The highest BCUT2D eigenvalue weighted by atomic mass is 35.5. The van der Waals surface area contributed by atoms with Crippen LogP contribution in [0, 0.1) is 6.92 Å². The van der Waals surface area contributed by atoms with E-state index in [4.69, 9.17) is 11.6 Å². The largest absolute Gasteiger partial charge is 0.321 e. The molecule has 4 heteroatoms. The molecule has 0 aliphatic heterocycles. The summed E-state index contributed by atoms with van der Waals surface area (Å²) in [6, 6.07) is 15.3. The lowest BCUT2D eigenvalue weighted by molar-refractivity contribution is 0.103. The number of hydrogen-bond acceptors (Lipinski definition) is 2. The van der Waals surface area contributed by atoms with Gasteiger partial charge in [-0.05, 0) is 48.2 Å². The van der Waals surface area contributed by atoms with Gasteiger partial charge in [0.15, 0.2) is 0 Å². The maximum Gasteiger partial charge on any atom is 0.265 e. The lowest BCUT2D eigenvalue weighted by Crippen LogP contribution is -2.10. The Balaban J connectivity index is 1.89. The molecule has 0 fully saturated rings. The second-order valence-electron chi connectivity index (χ2n) is 4.56. The summed E-state index contributed by atoms with van der Waals surface area (Å²) in [5.74, 6) is -0.0865. The summed E-state index contributed by atoms with van der Waals surface area (Å²) >= 11 is 7.41. The molecule has 1 amide bonds. The van der Waals surface area contributed by atoms with Gasteiger partial charge in [0, 0.05) is 15.4 Å². The van der Waals surface area contributed by atoms with E-state index in [2.05, 4.69) is 5.32 Å². The van der Waals surface area contributed by atoms with Crippen LogP contribution in [0.3, 0.4) is 0 Å². The van der Waals surface area contributed by atoms with E-state index in [0.717, 1.165) is 21.3 Å². The average Bonchev–Trinajstić information content (AvgIpc) is 2.86. The van der Waals surface area contributed by atoms with Gasteiger partial charge in [0.2, 0.25) is 0 Å². The van der Waals surface area contributed by atoms with Crippen molar-refractivity contribution in [1.29, 1.82) is 0 Å². The first-order chi connectivity index (χ1) is 9.63. The van der Waals surface area contributed by atoms with Gasteiger partial charge in [-0.25, -0.2) is 0 Å². The van der Waals surface area contributed by atoms with E-state index in [-0.39, 0.29) is 5.91 Å². The van der Waals surface area contributed by atoms with Crippen molar-refractivity contribution in [3.05, 3.63) is 64.0 Å². The SMILES string of the molecule is Cc1cc(Cl)ccc1NC(=O)c1cc2ccccc2s1. The third kappa shape index (κ3) is 2.55. The summed E-state index contributed by atoms with van der Waals surface area (Å²) in [6.07, 6.45) is 0. The molecule has 3 rings (SSSR count). The van der Waals surface area contributed by atoms with Crippen LogP contribution in [0.25, 0.3) is 10.1 Å². The summed E-state index contributed by atoms with van der Waals surface area (Å²) in [5.41, 5.74) is 1.74. The van der Waals surface area contributed by atoms with Crippen LogP contribution in [0.1, 0.15) is 15.2 Å². The standard InChI is InChI=1S/C16H12ClNOS/c1-10-8-12(17)6-7-13(10)18-16(19)15-9-11-4-2-3-5-14(11)20-15/h2-9H,1H3,(H,18,19). The molecule has 0 aliphatic rings. The summed E-state index contributed by atoms with van der Waals surface area (Å²) in [7, 11) is 0. The van der Waals surface area contributed by atoms with Gasteiger partial charge >= 0.3 is 0 Å². The van der Waals surface area contributed by atoms with E-state index in [1.165, 1.54) is 11.3 Å². The minimum absolute atomic E-state index is 0.0865. The summed E-state index contributed by atoms with van der Waals surface area (Å²) in [4.78, 5) is 13.0. The van der Waals surface area contributed by atoms with Gasteiger partial charge in [0.05, 0.1) is 4.88 Å². The predicted octanol–water partition coefficient (Wildman–Crippen LogP) is 5.12. The van der Waals surface area contributed by atoms with Gasteiger partial charge in [-0.15, -0.1) is 11.3 Å². The second-order valence-corrected chi connectivity index (χ2v) is 6.08. The number of halogens is 1. The number of carbonyl (C=O) groups excluding carboxylic acids is 1. The molecule has 2 aromatic carbocycles. The van der Waals surface area contributed by atoms with E-state index < -0.39 is 0 Å². The number of thiophene rings is 1. The molecular weight excluding hydrogens is 290 g/mol. The molecule has 100 valence electrons. The van der Waals surface area contributed by atoms with Crippen LogP contribution in [0.2, 0.25) is 5.02 Å². The maximum atomic E-state index is 12.3. The Labute approximate surface area is 126 Å². The van der Waals surface area contributed by atoms with E-state index >= 15 is 0 Å². The minimum atomic E-state index is -0.0865. The minimum Gasteiger partial charge on any atom is -0.321 e. The third-order valence-electron chi connectivity index (χ3n) is 3.09. The lowest BCUT2D eigenvalue weighted by atomic mass is 10.2. The Morgan fingerprint density at radius 2 is 1.95 bits per heavy atom. The molecule has 0 unspecified atom stereocenters. The van der Waals surface area contributed by atoms with Crippen LogP contribution in [-0.2, 0) is 0 Å². The zero-order valence-electron chi connectivity index (χ0n) is 10.8. The number of anilines is 1. The number of nitrogens with one attached hydrogen (secondary N) is 1. The molecule has 0 bridgehead atoms. The van der Waals surface area contributed by atoms with E-state index in [1.54, 1.807) is 6.07 Å². The molecule has 1 heterocycles. The van der Waals surface area contributed by atoms with E-state index in [1.807, 2.05) is 49.4 Å². The fraction of sp³-hybridized carbons (Fsp3) is 0.0625. The first-order valence-corrected chi connectivity index (χ1v) is 7.39. The van der Waals surface area contributed by atoms with E-state index in [9.17, 15) is 4.79 Å². The molecule has 0 saturated heterocycles. The first kappa shape index (κ1) is 13.2. The Hall–Kier alpha value is -1.84. The molecule has 0 atom stereocenters. The fourth-order valence-corrected chi connectivity index (χ4v) is 3.23. The van der Waals surface area contributed by atoms with Crippen molar-refractivity contribution in [2.45, 2.75) is 6.92 Å². The topological polar surface area (TPSA) is 29.1 Å². The molecule has 1 aromatic heterocycles. The lowest BCUT2D eigenvalue weighted by Gasteiger charge is -2.07. The number of fused-ring (bicyclic) bond motifs is 1. The van der Waals surface area contributed by atoms with Crippen molar-refractivity contribution >= 4 is 44.6 Å². The zero-order valence-corrected chi connectivity index (χ0v) is 12.4. The van der Waals surface area contributed by atoms with Crippen molar-refractivity contribution < 1.29 is 4.79 Å². The number of hydrogen-bond donors (Lipinski definition) is 1. The quantitative estimate of drug-likeness (QED) is 0.699. The Kier molecular flexibility index (Phi) is 3.47. The fourth-order valence-electron chi connectivity index (χ4n) is 2.05. The summed E-state index contributed by atoms with van der Waals surface area (Å²) in [5, 5.41) is 4.69. The van der Waals surface area contributed by atoms with Crippen LogP contribution < -0.4 is 5.32 Å². The molecule has 2 nitrogen and oxygen atoms in total. The van der Waals surface area contributed by atoms with Crippen molar-refractivity contribution in [3.8, 4) is 0 Å². The van der Waals surface area contributed by atoms with Crippen LogP contribution in [0.4, 0.5) is 5.69 Å². The van der Waals surface area contributed by atoms with Gasteiger partial charge in [-0.2, -0.15) is 0 Å². The highest BCUT2D eigenvalue weighted by Gasteiger charge is 2.11. The third-order valence-corrected chi connectivity index (χ3v) is 4.44. The molecule has 3 aromatic rings. The Morgan fingerprint density at radius 1 is 1.15 bits per heavy atom. The zero-order chi connectivity index (χ0) is 14.1. The van der Waals surface area contributed by atoms with Gasteiger partial charge < -0.3 is 5.32 Å². The highest BCUT2D eigenvalue weighted by Crippen LogP contribution is 2.27. The average molecular weight is 302 g/mol. The van der Waals surface area contributed by atoms with Crippen LogP contribution in [0.5, 0.6) is 0 Å². The number of rotatable bonds is 2. The number of carbonyl (C=O) groups is 1. The highest BCUT2D eigenvalue weighted by molar-refractivity contribution is 7.20. The van der Waals surface area contributed by atoms with Crippen LogP contribution in [-0.4, -0.2) is 5.91 Å². The number of benzene rings is 2. The van der Waals surface area contributed by atoms with Crippen molar-refractivity contribution in [3.63, 3.8) is 0 Å². The van der Waals surface area contributed by atoms with Crippen LogP contribution >= 0.6 is 22.9 Å². The van der Waals surface area contributed by atoms with Crippen molar-refractivity contribution in [1.82, 2.24) is 0 Å². The molecule has 20 heavy (non-hydrogen) atoms. The first-order valence-electron chi connectivity index (χ1n) is 6.19. The van der Waals surface area contributed by atoms with Gasteiger partial charge in [-0.1, -0.05) is 29.8 Å². The summed E-state index contributed by atoms with van der Waals surface area (Å²) < 4.78 is 1.12. The Bertz CT molecular complexity index is 761. The Morgan fingerprint density at radius 3 is 2.70 bits per heavy atom. The van der Waals surface area contributed by atoms with Crippen molar-refractivity contribution in [2.24, 2.45) is 0 Å². The molecule has 0 aliphatic carbocycles. The molecule has 0 radical (unpaired) electrons. The second kappa shape index (κ2) is 5.27. The van der Waals surface area contributed by atoms with E-state index in [0.29, 0.717) is 9.90 Å². The molecule has 0 spiro atoms. The van der Waals surface area contributed by atoms with Crippen molar-refractivity contribution in [2.75, 3.05) is 5.32 Å². The molecule has 1 N–H and O–H groups in total. The smallest absolute Gasteiger partial charge is 0.265 e.